The van der Waals surface area contributed by atoms with Crippen molar-refractivity contribution in [2.24, 2.45) is 0 Å². The van der Waals surface area contributed by atoms with Crippen molar-refractivity contribution in [2.75, 3.05) is 0 Å². The van der Waals surface area contributed by atoms with Crippen molar-refractivity contribution >= 4 is 24.2 Å². The van der Waals surface area contributed by atoms with E-state index in [1.54, 1.807) is 0 Å². The van der Waals surface area contributed by atoms with Crippen LogP contribution in [0, 0.1) is 0 Å². The molecule has 0 heterocycles. The zero-order valence-corrected chi connectivity index (χ0v) is 11.6. The fourth-order valence-electron chi connectivity index (χ4n) is 1.93. The summed E-state index contributed by atoms with van der Waals surface area (Å²) in [5.41, 5.74) is 3.37. The third-order valence-corrected chi connectivity index (χ3v) is 3.29. The summed E-state index contributed by atoms with van der Waals surface area (Å²) in [6.45, 7) is 4.16. The van der Waals surface area contributed by atoms with Gasteiger partial charge in [-0.2, -0.15) is 12.6 Å². The molecule has 0 fully saturated rings. The van der Waals surface area contributed by atoms with E-state index in [0.717, 1.165) is 21.7 Å². The SMILES string of the molecule is CC(C)(S)c1cccc(Cl)c1-c1ccccc1. The van der Waals surface area contributed by atoms with Crippen LogP contribution in [0.2, 0.25) is 5.02 Å². The Hall–Kier alpha value is -0.920. The summed E-state index contributed by atoms with van der Waals surface area (Å²) in [5, 5.41) is 0.774. The normalized spacial score (nSPS) is 11.5. The molecule has 0 radical (unpaired) electrons. The van der Waals surface area contributed by atoms with Crippen molar-refractivity contribution in [3.8, 4) is 11.1 Å². The number of thiol groups is 1. The average Bonchev–Trinajstić information content (AvgIpc) is 2.28. The minimum Gasteiger partial charge on any atom is -0.168 e. The fraction of sp³-hybridized carbons (Fsp3) is 0.200. The van der Waals surface area contributed by atoms with Crippen LogP contribution in [0.3, 0.4) is 0 Å². The van der Waals surface area contributed by atoms with Gasteiger partial charge in [-0.3, -0.25) is 0 Å². The molecule has 0 saturated carbocycles. The van der Waals surface area contributed by atoms with Crippen LogP contribution in [-0.4, -0.2) is 0 Å². The summed E-state index contributed by atoms with van der Waals surface area (Å²) in [6, 6.07) is 16.2. The molecule has 2 rings (SSSR count). The Morgan fingerprint density at radius 2 is 1.59 bits per heavy atom. The maximum atomic E-state index is 6.34. The molecular formula is C15H15ClS. The Bertz CT molecular complexity index is 512. The quantitative estimate of drug-likeness (QED) is 0.709. The van der Waals surface area contributed by atoms with Gasteiger partial charge in [-0.05, 0) is 31.0 Å². The van der Waals surface area contributed by atoms with E-state index in [-0.39, 0.29) is 4.75 Å². The molecule has 0 atom stereocenters. The Labute approximate surface area is 113 Å². The summed E-state index contributed by atoms with van der Waals surface area (Å²) in [5.74, 6) is 0. The van der Waals surface area contributed by atoms with Crippen molar-refractivity contribution < 1.29 is 0 Å². The van der Waals surface area contributed by atoms with Crippen LogP contribution in [0.4, 0.5) is 0 Å². The van der Waals surface area contributed by atoms with E-state index in [1.807, 2.05) is 30.3 Å². The zero-order valence-electron chi connectivity index (χ0n) is 9.94. The first-order valence-corrected chi connectivity index (χ1v) is 6.39. The van der Waals surface area contributed by atoms with Crippen molar-refractivity contribution in [3.63, 3.8) is 0 Å². The van der Waals surface area contributed by atoms with Gasteiger partial charge in [0.1, 0.15) is 0 Å². The molecule has 0 spiro atoms. The maximum Gasteiger partial charge on any atom is 0.0487 e. The third-order valence-electron chi connectivity index (χ3n) is 2.74. The predicted octanol–water partition coefficient (Wildman–Crippen LogP) is 5.17. The molecule has 17 heavy (non-hydrogen) atoms. The molecular weight excluding hydrogens is 248 g/mol. The maximum absolute atomic E-state index is 6.34. The molecule has 0 aromatic heterocycles. The number of hydrogen-bond donors (Lipinski definition) is 1. The highest BCUT2D eigenvalue weighted by Gasteiger charge is 2.21. The lowest BCUT2D eigenvalue weighted by atomic mass is 9.92. The van der Waals surface area contributed by atoms with Gasteiger partial charge < -0.3 is 0 Å². The monoisotopic (exact) mass is 262 g/mol. The van der Waals surface area contributed by atoms with Crippen molar-refractivity contribution in [1.82, 2.24) is 0 Å². The minimum absolute atomic E-state index is 0.212. The first-order chi connectivity index (χ1) is 8.00. The van der Waals surface area contributed by atoms with E-state index in [4.69, 9.17) is 11.6 Å². The van der Waals surface area contributed by atoms with Gasteiger partial charge in [0, 0.05) is 15.3 Å². The first kappa shape index (κ1) is 12.5. The smallest absolute Gasteiger partial charge is 0.0487 e. The molecule has 0 saturated heterocycles. The average molecular weight is 263 g/mol. The highest BCUT2D eigenvalue weighted by atomic mass is 35.5. The molecule has 0 aliphatic carbocycles. The third kappa shape index (κ3) is 2.67. The van der Waals surface area contributed by atoms with E-state index in [0.29, 0.717) is 0 Å². The highest BCUT2D eigenvalue weighted by Crippen LogP contribution is 2.39. The van der Waals surface area contributed by atoms with Gasteiger partial charge in [-0.15, -0.1) is 0 Å². The van der Waals surface area contributed by atoms with Gasteiger partial charge in [0.05, 0.1) is 0 Å². The first-order valence-electron chi connectivity index (χ1n) is 5.57. The van der Waals surface area contributed by atoms with Gasteiger partial charge >= 0.3 is 0 Å². The van der Waals surface area contributed by atoms with Crippen LogP contribution in [0.1, 0.15) is 19.4 Å². The summed E-state index contributed by atoms with van der Waals surface area (Å²) < 4.78 is -0.212. The second-order valence-electron chi connectivity index (χ2n) is 4.59. The molecule has 2 heteroatoms. The van der Waals surface area contributed by atoms with Gasteiger partial charge in [-0.25, -0.2) is 0 Å². The summed E-state index contributed by atoms with van der Waals surface area (Å²) in [6.07, 6.45) is 0. The summed E-state index contributed by atoms with van der Waals surface area (Å²) in [4.78, 5) is 0. The molecule has 0 N–H and O–H groups in total. The Morgan fingerprint density at radius 3 is 2.18 bits per heavy atom. The summed E-state index contributed by atoms with van der Waals surface area (Å²) >= 11 is 11.0. The standard InChI is InChI=1S/C15H15ClS/c1-15(2,17)12-9-6-10-13(16)14(12)11-7-4-3-5-8-11/h3-10,17H,1-2H3. The molecule has 0 amide bonds. The van der Waals surface area contributed by atoms with Crippen LogP contribution in [0.5, 0.6) is 0 Å². The second-order valence-corrected chi connectivity index (χ2v) is 6.11. The molecule has 0 aliphatic heterocycles. The van der Waals surface area contributed by atoms with E-state index in [9.17, 15) is 0 Å². The van der Waals surface area contributed by atoms with Crippen LogP contribution in [0.15, 0.2) is 48.5 Å². The van der Waals surface area contributed by atoms with Gasteiger partial charge in [-0.1, -0.05) is 54.1 Å². The van der Waals surface area contributed by atoms with Gasteiger partial charge in [0.15, 0.2) is 0 Å². The van der Waals surface area contributed by atoms with Crippen LogP contribution in [-0.2, 0) is 4.75 Å². The van der Waals surface area contributed by atoms with Gasteiger partial charge in [0.25, 0.3) is 0 Å². The lowest BCUT2D eigenvalue weighted by Gasteiger charge is -2.23. The van der Waals surface area contributed by atoms with Crippen LogP contribution >= 0.6 is 24.2 Å². The molecule has 88 valence electrons. The molecule has 0 unspecified atom stereocenters. The number of benzene rings is 2. The second kappa shape index (κ2) is 4.75. The van der Waals surface area contributed by atoms with E-state index in [2.05, 4.69) is 44.7 Å². The number of rotatable bonds is 2. The van der Waals surface area contributed by atoms with E-state index < -0.39 is 0 Å². The summed E-state index contributed by atoms with van der Waals surface area (Å²) in [7, 11) is 0. The van der Waals surface area contributed by atoms with Crippen molar-refractivity contribution in [2.45, 2.75) is 18.6 Å². The predicted molar refractivity (Wildman–Crippen MR) is 78.9 cm³/mol. The number of halogens is 1. The van der Waals surface area contributed by atoms with E-state index in [1.165, 1.54) is 0 Å². The topological polar surface area (TPSA) is 0 Å². The van der Waals surface area contributed by atoms with Crippen LogP contribution in [0.25, 0.3) is 11.1 Å². The molecule has 0 nitrogen and oxygen atoms in total. The molecule has 0 bridgehead atoms. The molecule has 0 aliphatic rings. The van der Waals surface area contributed by atoms with Crippen molar-refractivity contribution in [3.05, 3.63) is 59.1 Å². The zero-order chi connectivity index (χ0) is 12.5. The lowest BCUT2D eigenvalue weighted by Crippen LogP contribution is -2.09. The van der Waals surface area contributed by atoms with Gasteiger partial charge in [0.2, 0.25) is 0 Å². The Kier molecular flexibility index (Phi) is 3.50. The fourth-order valence-corrected chi connectivity index (χ4v) is 2.40. The molecule has 2 aromatic rings. The highest BCUT2D eigenvalue weighted by molar-refractivity contribution is 7.81. The lowest BCUT2D eigenvalue weighted by molar-refractivity contribution is 0.793. The van der Waals surface area contributed by atoms with E-state index >= 15 is 0 Å². The number of hydrogen-bond acceptors (Lipinski definition) is 1. The molecule has 2 aromatic carbocycles. The largest absolute Gasteiger partial charge is 0.168 e. The van der Waals surface area contributed by atoms with Crippen LogP contribution < -0.4 is 0 Å². The van der Waals surface area contributed by atoms with Crippen molar-refractivity contribution in [1.29, 1.82) is 0 Å². The Balaban J connectivity index is 2.69. The minimum atomic E-state index is -0.212. The Morgan fingerprint density at radius 1 is 0.941 bits per heavy atom.